The summed E-state index contributed by atoms with van der Waals surface area (Å²) in [6.07, 6.45) is 4.94. The smallest absolute Gasteiger partial charge is 0.275 e. The molecule has 2 aromatic heterocycles. The Balaban J connectivity index is 1.40. The molecule has 8 nitrogen and oxygen atoms in total. The van der Waals surface area contributed by atoms with Gasteiger partial charge in [-0.2, -0.15) is 5.10 Å². The molecular weight excluding hydrogens is 404 g/mol. The van der Waals surface area contributed by atoms with Gasteiger partial charge in [-0.05, 0) is 43.8 Å². The summed E-state index contributed by atoms with van der Waals surface area (Å²) in [5.41, 5.74) is 1.58. The molecule has 32 heavy (non-hydrogen) atoms. The number of aromatic nitrogens is 3. The number of hydrogen-bond donors (Lipinski definition) is 1. The van der Waals surface area contributed by atoms with E-state index >= 15 is 0 Å². The highest BCUT2D eigenvalue weighted by molar-refractivity contribution is 5.84. The minimum absolute atomic E-state index is 0.0818. The van der Waals surface area contributed by atoms with Crippen LogP contribution in [0, 0.1) is 0 Å². The van der Waals surface area contributed by atoms with E-state index in [2.05, 4.69) is 32.2 Å². The molecule has 1 N–H and O–H groups in total. The molecule has 4 rings (SSSR count). The zero-order chi connectivity index (χ0) is 22.3. The van der Waals surface area contributed by atoms with Crippen molar-refractivity contribution in [2.24, 2.45) is 0 Å². The van der Waals surface area contributed by atoms with Crippen LogP contribution in [0.1, 0.15) is 17.7 Å². The summed E-state index contributed by atoms with van der Waals surface area (Å²) in [5.74, 6) is -0.192. The van der Waals surface area contributed by atoms with Gasteiger partial charge in [-0.1, -0.05) is 18.2 Å². The van der Waals surface area contributed by atoms with Gasteiger partial charge in [0, 0.05) is 56.9 Å². The topological polar surface area (TPSA) is 83.4 Å². The Bertz CT molecular complexity index is 1110. The fourth-order valence-corrected chi connectivity index (χ4v) is 4.03. The van der Waals surface area contributed by atoms with E-state index in [1.165, 1.54) is 4.68 Å². The van der Waals surface area contributed by atoms with Crippen LogP contribution in [0.4, 0.5) is 0 Å². The van der Waals surface area contributed by atoms with Crippen LogP contribution in [0.2, 0.25) is 0 Å². The third kappa shape index (κ3) is 5.57. The number of pyridine rings is 1. The zero-order valence-corrected chi connectivity index (χ0v) is 18.5. The molecule has 0 aliphatic carbocycles. The van der Waals surface area contributed by atoms with Gasteiger partial charge < -0.3 is 15.1 Å². The van der Waals surface area contributed by atoms with E-state index < -0.39 is 0 Å². The van der Waals surface area contributed by atoms with E-state index in [4.69, 9.17) is 0 Å². The van der Waals surface area contributed by atoms with Crippen LogP contribution in [-0.4, -0.2) is 76.8 Å². The van der Waals surface area contributed by atoms with E-state index in [1.807, 2.05) is 30.3 Å². The molecule has 1 amide bonds. The molecule has 0 atom stereocenters. The Morgan fingerprint density at radius 3 is 2.50 bits per heavy atom. The first-order chi connectivity index (χ1) is 15.6. The molecule has 1 aliphatic heterocycles. The Kier molecular flexibility index (Phi) is 7.24. The highest BCUT2D eigenvalue weighted by atomic mass is 16.2. The number of hydrogen-bond acceptors (Lipinski definition) is 6. The minimum Gasteiger partial charge on any atom is -0.354 e. The van der Waals surface area contributed by atoms with E-state index in [0.29, 0.717) is 18.4 Å². The number of carbonyl (C=O) groups excluding carboxylic acids is 1. The van der Waals surface area contributed by atoms with Crippen molar-refractivity contribution in [1.82, 2.24) is 29.9 Å². The maximum absolute atomic E-state index is 12.9. The SMILES string of the molecule is CN1CCN(CCCNC(=O)Cn2nc(Cc3ccncc3)c3ccccc3c2=O)CC1. The number of nitrogens with zero attached hydrogens (tertiary/aromatic N) is 5. The van der Waals surface area contributed by atoms with Crippen molar-refractivity contribution in [3.63, 3.8) is 0 Å². The van der Waals surface area contributed by atoms with Crippen molar-refractivity contribution in [3.8, 4) is 0 Å². The van der Waals surface area contributed by atoms with E-state index in [1.54, 1.807) is 18.5 Å². The van der Waals surface area contributed by atoms with Gasteiger partial charge in [0.25, 0.3) is 5.56 Å². The van der Waals surface area contributed by atoms with Gasteiger partial charge in [0.2, 0.25) is 5.91 Å². The molecule has 1 aliphatic rings. The van der Waals surface area contributed by atoms with Gasteiger partial charge in [0.15, 0.2) is 0 Å². The second-order valence-electron chi connectivity index (χ2n) is 8.34. The molecule has 0 unspecified atom stereocenters. The number of piperazine rings is 1. The third-order valence-corrected chi connectivity index (χ3v) is 5.93. The summed E-state index contributed by atoms with van der Waals surface area (Å²) in [6, 6.07) is 11.3. The van der Waals surface area contributed by atoms with Crippen LogP contribution in [0.15, 0.2) is 53.6 Å². The molecule has 3 aromatic rings. The summed E-state index contributed by atoms with van der Waals surface area (Å²) >= 11 is 0. The lowest BCUT2D eigenvalue weighted by Crippen LogP contribution is -2.45. The molecule has 1 saturated heterocycles. The highest BCUT2D eigenvalue weighted by Crippen LogP contribution is 2.16. The molecule has 0 bridgehead atoms. The maximum Gasteiger partial charge on any atom is 0.275 e. The molecule has 0 spiro atoms. The van der Waals surface area contributed by atoms with Gasteiger partial charge >= 0.3 is 0 Å². The number of rotatable bonds is 8. The van der Waals surface area contributed by atoms with Crippen LogP contribution < -0.4 is 10.9 Å². The summed E-state index contributed by atoms with van der Waals surface area (Å²) in [4.78, 5) is 34.3. The molecule has 0 saturated carbocycles. The van der Waals surface area contributed by atoms with Crippen LogP contribution in [0.3, 0.4) is 0 Å². The van der Waals surface area contributed by atoms with Gasteiger partial charge in [0.05, 0.1) is 11.1 Å². The number of nitrogens with one attached hydrogen (secondary N) is 1. The molecule has 168 valence electrons. The lowest BCUT2D eigenvalue weighted by molar-refractivity contribution is -0.121. The predicted octanol–water partition coefficient (Wildman–Crippen LogP) is 1.14. The standard InChI is InChI=1S/C24H30N6O2/c1-28-13-15-29(16-14-28)12-4-9-26-23(31)18-30-24(32)21-6-3-2-5-20(21)22(27-30)17-19-7-10-25-11-8-19/h2-3,5-8,10-11H,4,9,12-18H2,1H3,(H,26,31). The van der Waals surface area contributed by atoms with Crippen LogP contribution >= 0.6 is 0 Å². The Labute approximate surface area is 187 Å². The van der Waals surface area contributed by atoms with Crippen molar-refractivity contribution in [1.29, 1.82) is 0 Å². The first-order valence-electron chi connectivity index (χ1n) is 11.2. The van der Waals surface area contributed by atoms with E-state index in [-0.39, 0.29) is 18.0 Å². The van der Waals surface area contributed by atoms with Crippen LogP contribution in [0.25, 0.3) is 10.8 Å². The number of benzene rings is 1. The number of likely N-dealkylation sites (N-methyl/N-ethyl adjacent to an activating group) is 1. The second kappa shape index (κ2) is 10.5. The average Bonchev–Trinajstić information content (AvgIpc) is 2.82. The van der Waals surface area contributed by atoms with Crippen molar-refractivity contribution < 1.29 is 4.79 Å². The first kappa shape index (κ1) is 22.1. The second-order valence-corrected chi connectivity index (χ2v) is 8.34. The number of carbonyl (C=O) groups is 1. The summed E-state index contributed by atoms with van der Waals surface area (Å²) in [5, 5.41) is 8.89. The number of fused-ring (bicyclic) bond motifs is 1. The average molecular weight is 435 g/mol. The van der Waals surface area contributed by atoms with Gasteiger partial charge in [0.1, 0.15) is 6.54 Å². The normalized spacial score (nSPS) is 15.2. The Morgan fingerprint density at radius 1 is 1.03 bits per heavy atom. The largest absolute Gasteiger partial charge is 0.354 e. The predicted molar refractivity (Wildman–Crippen MR) is 125 cm³/mol. The Hall–Kier alpha value is -3.10. The number of amides is 1. The van der Waals surface area contributed by atoms with Crippen LogP contribution in [-0.2, 0) is 17.8 Å². The van der Waals surface area contributed by atoms with Gasteiger partial charge in [-0.15, -0.1) is 0 Å². The minimum atomic E-state index is -0.244. The van der Waals surface area contributed by atoms with E-state index in [9.17, 15) is 9.59 Å². The lowest BCUT2D eigenvalue weighted by Gasteiger charge is -2.32. The van der Waals surface area contributed by atoms with Gasteiger partial charge in [-0.3, -0.25) is 14.6 Å². The third-order valence-electron chi connectivity index (χ3n) is 5.93. The zero-order valence-electron chi connectivity index (χ0n) is 18.5. The summed E-state index contributed by atoms with van der Waals surface area (Å²) in [7, 11) is 2.14. The lowest BCUT2D eigenvalue weighted by atomic mass is 10.1. The van der Waals surface area contributed by atoms with Crippen molar-refractivity contribution in [2.75, 3.05) is 46.3 Å². The fourth-order valence-electron chi connectivity index (χ4n) is 4.03. The first-order valence-corrected chi connectivity index (χ1v) is 11.2. The molecule has 0 radical (unpaired) electrons. The molecule has 3 heterocycles. The summed E-state index contributed by atoms with van der Waals surface area (Å²) in [6.45, 7) is 5.80. The monoisotopic (exact) mass is 434 g/mol. The quantitative estimate of drug-likeness (QED) is 0.536. The highest BCUT2D eigenvalue weighted by Gasteiger charge is 2.15. The fraction of sp³-hybridized carbons (Fsp3) is 0.417. The molecular formula is C24H30N6O2. The van der Waals surface area contributed by atoms with Crippen LogP contribution in [0.5, 0.6) is 0 Å². The van der Waals surface area contributed by atoms with Gasteiger partial charge in [-0.25, -0.2) is 4.68 Å². The molecule has 1 fully saturated rings. The Morgan fingerprint density at radius 2 is 1.75 bits per heavy atom. The van der Waals surface area contributed by atoms with Crippen molar-refractivity contribution >= 4 is 16.7 Å². The van der Waals surface area contributed by atoms with Crippen molar-refractivity contribution in [3.05, 3.63) is 70.4 Å². The molecule has 1 aromatic carbocycles. The maximum atomic E-state index is 12.9. The van der Waals surface area contributed by atoms with Crippen molar-refractivity contribution in [2.45, 2.75) is 19.4 Å². The summed E-state index contributed by atoms with van der Waals surface area (Å²) < 4.78 is 1.29. The van der Waals surface area contributed by atoms with E-state index in [0.717, 1.165) is 55.8 Å². The molecule has 8 heteroatoms.